The van der Waals surface area contributed by atoms with Crippen molar-refractivity contribution in [3.8, 4) is 0 Å². The highest BCUT2D eigenvalue weighted by molar-refractivity contribution is 5.77. The number of H-pyrrole nitrogens is 1. The number of carbonyl (C=O) groups excluding carboxylic acids is 1. The lowest BCUT2D eigenvalue weighted by Crippen LogP contribution is -2.51. The Balaban J connectivity index is 1.70. The van der Waals surface area contributed by atoms with Crippen molar-refractivity contribution in [1.29, 1.82) is 0 Å². The molecule has 0 atom stereocenters. The molecule has 128 valence electrons. The van der Waals surface area contributed by atoms with Crippen LogP contribution in [0.5, 0.6) is 0 Å². The van der Waals surface area contributed by atoms with Crippen LogP contribution in [0.1, 0.15) is 48.2 Å². The van der Waals surface area contributed by atoms with Crippen LogP contribution in [0.15, 0.2) is 18.2 Å². The maximum atomic E-state index is 14.1. The van der Waals surface area contributed by atoms with Gasteiger partial charge >= 0.3 is 0 Å². The lowest BCUT2D eigenvalue weighted by Gasteiger charge is -2.43. The topological polar surface area (TPSA) is 57.8 Å². The number of halogens is 2. The zero-order valence-electron chi connectivity index (χ0n) is 13.9. The Morgan fingerprint density at radius 2 is 2.08 bits per heavy atom. The predicted octanol–water partition coefficient (Wildman–Crippen LogP) is 3.43. The highest BCUT2D eigenvalue weighted by Crippen LogP contribution is 2.42. The second-order valence-corrected chi connectivity index (χ2v) is 6.52. The first-order chi connectivity index (χ1) is 11.4. The number of benzene rings is 1. The molecule has 4 nitrogen and oxygen atoms in total. The van der Waals surface area contributed by atoms with Gasteiger partial charge in [0.15, 0.2) is 0 Å². The van der Waals surface area contributed by atoms with Crippen LogP contribution in [0.4, 0.5) is 8.78 Å². The van der Waals surface area contributed by atoms with Crippen LogP contribution in [0, 0.1) is 25.5 Å². The molecule has 1 fully saturated rings. The van der Waals surface area contributed by atoms with Gasteiger partial charge in [0.25, 0.3) is 0 Å². The summed E-state index contributed by atoms with van der Waals surface area (Å²) in [6, 6.07) is 3.55. The summed E-state index contributed by atoms with van der Waals surface area (Å²) in [4.78, 5) is 12.4. The molecule has 0 spiro atoms. The molecule has 0 aliphatic heterocycles. The summed E-state index contributed by atoms with van der Waals surface area (Å²) in [6.45, 7) is 3.83. The van der Waals surface area contributed by atoms with Gasteiger partial charge in [0.1, 0.15) is 11.6 Å². The van der Waals surface area contributed by atoms with Crippen molar-refractivity contribution in [2.45, 2.75) is 51.5 Å². The Labute approximate surface area is 139 Å². The molecule has 1 amide bonds. The minimum Gasteiger partial charge on any atom is -0.346 e. The van der Waals surface area contributed by atoms with Crippen molar-refractivity contribution >= 4 is 5.91 Å². The number of amides is 1. The first-order valence-corrected chi connectivity index (χ1v) is 8.18. The van der Waals surface area contributed by atoms with Gasteiger partial charge in [-0.25, -0.2) is 8.78 Å². The third kappa shape index (κ3) is 3.05. The third-order valence-electron chi connectivity index (χ3n) is 4.92. The number of rotatable bonds is 5. The molecule has 1 saturated carbocycles. The monoisotopic (exact) mass is 333 g/mol. The standard InChI is InChI=1S/C18H21F2N3O/c1-11-14(12(2)23-22-11)5-7-17(24)21-18(8-3-9-18)15-6-4-13(19)10-16(15)20/h4,6,10H,3,5,7-9H2,1-2H3,(H,21,24)(H,22,23). The number of carbonyl (C=O) groups is 1. The molecule has 1 heterocycles. The minimum absolute atomic E-state index is 0.126. The summed E-state index contributed by atoms with van der Waals surface area (Å²) in [6.07, 6.45) is 3.15. The van der Waals surface area contributed by atoms with Crippen LogP contribution in [-0.4, -0.2) is 16.1 Å². The second kappa shape index (κ2) is 6.34. The molecule has 2 aromatic rings. The molecule has 1 aliphatic carbocycles. The fourth-order valence-corrected chi connectivity index (χ4v) is 3.38. The summed E-state index contributed by atoms with van der Waals surface area (Å²) in [5.74, 6) is -1.34. The van der Waals surface area contributed by atoms with Crippen LogP contribution in [0.3, 0.4) is 0 Å². The average Bonchev–Trinajstić information content (AvgIpc) is 2.80. The molecule has 2 N–H and O–H groups in total. The molecule has 1 aromatic heterocycles. The van der Waals surface area contributed by atoms with E-state index in [-0.39, 0.29) is 5.91 Å². The lowest BCUT2D eigenvalue weighted by molar-refractivity contribution is -0.124. The molecule has 1 aromatic carbocycles. The first kappa shape index (κ1) is 16.6. The zero-order chi connectivity index (χ0) is 17.3. The normalized spacial score (nSPS) is 15.8. The fourth-order valence-electron chi connectivity index (χ4n) is 3.38. The predicted molar refractivity (Wildman–Crippen MR) is 86.4 cm³/mol. The number of aryl methyl sites for hydroxylation is 2. The zero-order valence-corrected chi connectivity index (χ0v) is 13.9. The molecule has 3 rings (SSSR count). The highest BCUT2D eigenvalue weighted by atomic mass is 19.1. The van der Waals surface area contributed by atoms with Crippen molar-refractivity contribution in [3.05, 3.63) is 52.3 Å². The smallest absolute Gasteiger partial charge is 0.221 e. The molecule has 6 heteroatoms. The summed E-state index contributed by atoms with van der Waals surface area (Å²) in [5, 5.41) is 10.0. The van der Waals surface area contributed by atoms with Gasteiger partial charge in [-0.2, -0.15) is 5.10 Å². The second-order valence-electron chi connectivity index (χ2n) is 6.52. The van der Waals surface area contributed by atoms with E-state index in [1.165, 1.54) is 12.1 Å². The average molecular weight is 333 g/mol. The van der Waals surface area contributed by atoms with E-state index in [0.717, 1.165) is 29.4 Å². The summed E-state index contributed by atoms with van der Waals surface area (Å²) >= 11 is 0. The van der Waals surface area contributed by atoms with E-state index in [4.69, 9.17) is 0 Å². The molecular weight excluding hydrogens is 312 g/mol. The van der Waals surface area contributed by atoms with Crippen molar-refractivity contribution in [1.82, 2.24) is 15.5 Å². The molecule has 0 saturated heterocycles. The fraction of sp³-hybridized carbons (Fsp3) is 0.444. The van der Waals surface area contributed by atoms with Crippen LogP contribution in [-0.2, 0) is 16.8 Å². The van der Waals surface area contributed by atoms with E-state index in [1.54, 1.807) is 0 Å². The van der Waals surface area contributed by atoms with E-state index in [0.29, 0.717) is 31.2 Å². The number of nitrogens with one attached hydrogen (secondary N) is 2. The number of hydrogen-bond donors (Lipinski definition) is 2. The van der Waals surface area contributed by atoms with Crippen molar-refractivity contribution < 1.29 is 13.6 Å². The van der Waals surface area contributed by atoms with Gasteiger partial charge in [-0.05, 0) is 51.2 Å². The van der Waals surface area contributed by atoms with Crippen LogP contribution < -0.4 is 5.32 Å². The third-order valence-corrected chi connectivity index (χ3v) is 4.92. The lowest BCUT2D eigenvalue weighted by atomic mass is 9.71. The largest absolute Gasteiger partial charge is 0.346 e. The van der Waals surface area contributed by atoms with Gasteiger partial charge < -0.3 is 5.32 Å². The van der Waals surface area contributed by atoms with Gasteiger partial charge in [-0.3, -0.25) is 9.89 Å². The maximum absolute atomic E-state index is 14.1. The Kier molecular flexibility index (Phi) is 4.39. The molecule has 0 bridgehead atoms. The van der Waals surface area contributed by atoms with E-state index in [9.17, 15) is 13.6 Å². The Bertz CT molecular complexity index is 746. The highest BCUT2D eigenvalue weighted by Gasteiger charge is 2.41. The number of aromatic amines is 1. The molecule has 24 heavy (non-hydrogen) atoms. The Morgan fingerprint density at radius 1 is 1.33 bits per heavy atom. The molecule has 0 radical (unpaired) electrons. The molecule has 1 aliphatic rings. The van der Waals surface area contributed by atoms with E-state index in [2.05, 4.69) is 15.5 Å². The molecular formula is C18H21F2N3O. The minimum atomic E-state index is -0.699. The van der Waals surface area contributed by atoms with E-state index < -0.39 is 17.2 Å². The summed E-state index contributed by atoms with van der Waals surface area (Å²) in [5.41, 5.74) is 2.57. The summed E-state index contributed by atoms with van der Waals surface area (Å²) < 4.78 is 27.3. The Morgan fingerprint density at radius 3 is 2.62 bits per heavy atom. The Hall–Kier alpha value is -2.24. The van der Waals surface area contributed by atoms with Crippen molar-refractivity contribution in [3.63, 3.8) is 0 Å². The van der Waals surface area contributed by atoms with E-state index in [1.807, 2.05) is 13.8 Å². The number of nitrogens with zero attached hydrogens (tertiary/aromatic N) is 1. The van der Waals surface area contributed by atoms with Crippen molar-refractivity contribution in [2.24, 2.45) is 0 Å². The molecule has 0 unspecified atom stereocenters. The SMILES string of the molecule is Cc1n[nH]c(C)c1CCC(=O)NC1(c2ccc(F)cc2F)CCC1. The van der Waals surface area contributed by atoms with Gasteiger partial charge in [0.05, 0.1) is 11.2 Å². The quantitative estimate of drug-likeness (QED) is 0.881. The number of aromatic nitrogens is 2. The van der Waals surface area contributed by atoms with Gasteiger partial charge in [-0.1, -0.05) is 6.07 Å². The number of hydrogen-bond acceptors (Lipinski definition) is 2. The van der Waals surface area contributed by atoms with Gasteiger partial charge in [0, 0.05) is 23.7 Å². The maximum Gasteiger partial charge on any atom is 0.221 e. The van der Waals surface area contributed by atoms with Crippen LogP contribution in [0.25, 0.3) is 0 Å². The van der Waals surface area contributed by atoms with Crippen LogP contribution >= 0.6 is 0 Å². The van der Waals surface area contributed by atoms with Crippen molar-refractivity contribution in [2.75, 3.05) is 0 Å². The van der Waals surface area contributed by atoms with Crippen LogP contribution in [0.2, 0.25) is 0 Å². The summed E-state index contributed by atoms with van der Waals surface area (Å²) in [7, 11) is 0. The van der Waals surface area contributed by atoms with Gasteiger partial charge in [-0.15, -0.1) is 0 Å². The van der Waals surface area contributed by atoms with E-state index >= 15 is 0 Å². The first-order valence-electron chi connectivity index (χ1n) is 8.18. The van der Waals surface area contributed by atoms with Gasteiger partial charge in [0.2, 0.25) is 5.91 Å².